The van der Waals surface area contributed by atoms with Crippen molar-refractivity contribution in [3.8, 4) is 5.75 Å². The first kappa shape index (κ1) is 11.4. The summed E-state index contributed by atoms with van der Waals surface area (Å²) in [4.78, 5) is 24.5. The number of nitrogens with zero attached hydrogens (tertiary/aromatic N) is 1. The van der Waals surface area contributed by atoms with Crippen molar-refractivity contribution in [1.29, 1.82) is 0 Å². The van der Waals surface area contributed by atoms with Gasteiger partial charge in [0.2, 0.25) is 11.8 Å². The molecule has 90 valence electrons. The minimum atomic E-state index is -0.449. The van der Waals surface area contributed by atoms with Crippen molar-refractivity contribution >= 4 is 17.5 Å². The van der Waals surface area contributed by atoms with Crippen molar-refractivity contribution in [3.05, 3.63) is 24.3 Å². The van der Waals surface area contributed by atoms with Gasteiger partial charge >= 0.3 is 0 Å². The fraction of sp³-hybridized carbons (Fsp3) is 0.333. The number of rotatable bonds is 2. The molecule has 0 aliphatic carbocycles. The fourth-order valence-electron chi connectivity index (χ4n) is 1.86. The Bertz CT molecular complexity index is 459. The van der Waals surface area contributed by atoms with Crippen molar-refractivity contribution in [2.24, 2.45) is 0 Å². The van der Waals surface area contributed by atoms with E-state index in [1.807, 2.05) is 0 Å². The number of phenolic OH excluding ortho intramolecular Hbond substituents is 1. The van der Waals surface area contributed by atoms with Crippen LogP contribution in [0.5, 0.6) is 5.75 Å². The molecule has 0 spiro atoms. The van der Waals surface area contributed by atoms with Crippen LogP contribution in [0.2, 0.25) is 0 Å². The van der Waals surface area contributed by atoms with Crippen molar-refractivity contribution < 1.29 is 14.7 Å². The van der Waals surface area contributed by atoms with E-state index in [-0.39, 0.29) is 17.6 Å². The maximum atomic E-state index is 12.0. The number of carbonyl (C=O) groups excluding carboxylic acids is 2. The zero-order valence-electron chi connectivity index (χ0n) is 9.51. The average molecular weight is 234 g/mol. The highest BCUT2D eigenvalue weighted by Gasteiger charge is 2.29. The Hall–Kier alpha value is -2.04. The molecule has 0 aromatic heterocycles. The largest absolute Gasteiger partial charge is 0.508 e. The molecule has 0 saturated carbocycles. The fourth-order valence-corrected chi connectivity index (χ4v) is 1.86. The van der Waals surface area contributed by atoms with Crippen LogP contribution in [0, 0.1) is 0 Å². The number of phenols is 1. The molecule has 0 unspecified atom stereocenters. The quantitative estimate of drug-likeness (QED) is 0.788. The summed E-state index contributed by atoms with van der Waals surface area (Å²) in [5, 5.41) is 12.0. The lowest BCUT2D eigenvalue weighted by molar-refractivity contribution is -0.123. The normalized spacial score (nSPS) is 18.9. The monoisotopic (exact) mass is 234 g/mol. The zero-order chi connectivity index (χ0) is 12.4. The number of aromatic hydroxyl groups is 1. The highest BCUT2D eigenvalue weighted by molar-refractivity contribution is 6.00. The highest BCUT2D eigenvalue weighted by Crippen LogP contribution is 2.20. The van der Waals surface area contributed by atoms with E-state index in [9.17, 15) is 14.7 Å². The van der Waals surface area contributed by atoms with E-state index < -0.39 is 6.04 Å². The van der Waals surface area contributed by atoms with Gasteiger partial charge in [0.1, 0.15) is 11.8 Å². The second-order valence-electron chi connectivity index (χ2n) is 4.08. The van der Waals surface area contributed by atoms with Crippen LogP contribution in [0.25, 0.3) is 0 Å². The van der Waals surface area contributed by atoms with Crippen LogP contribution in [0.1, 0.15) is 12.8 Å². The van der Waals surface area contributed by atoms with Crippen LogP contribution >= 0.6 is 0 Å². The summed E-state index contributed by atoms with van der Waals surface area (Å²) in [5.41, 5.74) is 0.608. The van der Waals surface area contributed by atoms with Gasteiger partial charge in [-0.2, -0.15) is 0 Å². The van der Waals surface area contributed by atoms with E-state index >= 15 is 0 Å². The molecule has 1 fully saturated rings. The molecule has 2 amide bonds. The summed E-state index contributed by atoms with van der Waals surface area (Å²) < 4.78 is 0. The Morgan fingerprint density at radius 3 is 2.88 bits per heavy atom. The Balaban J connectivity index is 2.12. The third-order valence-corrected chi connectivity index (χ3v) is 2.84. The third-order valence-electron chi connectivity index (χ3n) is 2.84. The molecule has 5 heteroatoms. The van der Waals surface area contributed by atoms with E-state index in [1.165, 1.54) is 11.0 Å². The minimum absolute atomic E-state index is 0.0901. The Morgan fingerprint density at radius 1 is 1.53 bits per heavy atom. The van der Waals surface area contributed by atoms with Crippen LogP contribution in [-0.2, 0) is 9.59 Å². The molecule has 5 nitrogen and oxygen atoms in total. The second-order valence-corrected chi connectivity index (χ2v) is 4.08. The number of anilines is 1. The summed E-state index contributed by atoms with van der Waals surface area (Å²) in [6.07, 6.45) is 0.922. The topological polar surface area (TPSA) is 69.6 Å². The van der Waals surface area contributed by atoms with Crippen LogP contribution in [0.4, 0.5) is 5.69 Å². The molecule has 1 atom stereocenters. The van der Waals surface area contributed by atoms with E-state index in [0.717, 1.165) is 0 Å². The summed E-state index contributed by atoms with van der Waals surface area (Å²) in [6, 6.07) is 6.00. The van der Waals surface area contributed by atoms with E-state index in [0.29, 0.717) is 18.5 Å². The number of carbonyl (C=O) groups is 2. The van der Waals surface area contributed by atoms with Crippen LogP contribution in [-0.4, -0.2) is 30.0 Å². The average Bonchev–Trinajstić information content (AvgIpc) is 2.74. The summed E-state index contributed by atoms with van der Waals surface area (Å²) in [7, 11) is 1.63. The summed E-state index contributed by atoms with van der Waals surface area (Å²) >= 11 is 0. The van der Waals surface area contributed by atoms with Gasteiger partial charge in [0.15, 0.2) is 0 Å². The molecule has 1 saturated heterocycles. The number of hydrogen-bond acceptors (Lipinski definition) is 3. The molecule has 0 radical (unpaired) electrons. The van der Waals surface area contributed by atoms with E-state index in [1.54, 1.807) is 25.2 Å². The number of hydrogen-bond donors (Lipinski definition) is 2. The molecule has 2 N–H and O–H groups in total. The van der Waals surface area contributed by atoms with Gasteiger partial charge in [0, 0.05) is 25.2 Å². The maximum Gasteiger partial charge on any atom is 0.249 e. The first-order chi connectivity index (χ1) is 8.08. The Kier molecular flexibility index (Phi) is 2.99. The molecule has 1 heterocycles. The molecule has 2 rings (SSSR count). The van der Waals surface area contributed by atoms with E-state index in [4.69, 9.17) is 0 Å². The summed E-state index contributed by atoms with van der Waals surface area (Å²) in [6.45, 7) is 0. The second kappa shape index (κ2) is 4.45. The third kappa shape index (κ3) is 2.38. The van der Waals surface area contributed by atoms with Crippen molar-refractivity contribution in [2.75, 3.05) is 11.9 Å². The number of likely N-dealkylation sites (N-methyl/N-ethyl adjacent to an activating group) is 1. The molecular weight excluding hydrogens is 220 g/mol. The van der Waals surface area contributed by atoms with Crippen LogP contribution in [0.3, 0.4) is 0 Å². The first-order valence-electron chi connectivity index (χ1n) is 5.44. The smallest absolute Gasteiger partial charge is 0.249 e. The zero-order valence-corrected chi connectivity index (χ0v) is 9.51. The van der Waals surface area contributed by atoms with Gasteiger partial charge in [-0.15, -0.1) is 0 Å². The van der Waals surface area contributed by atoms with Gasteiger partial charge in [-0.25, -0.2) is 0 Å². The Morgan fingerprint density at radius 2 is 2.29 bits per heavy atom. The number of amides is 2. The number of nitrogens with one attached hydrogen (secondary N) is 1. The van der Waals surface area contributed by atoms with Gasteiger partial charge in [-0.3, -0.25) is 9.59 Å². The van der Waals surface area contributed by atoms with Gasteiger partial charge in [0.25, 0.3) is 0 Å². The first-order valence-corrected chi connectivity index (χ1v) is 5.44. The Labute approximate surface area is 99.0 Å². The molecule has 1 aliphatic heterocycles. The summed E-state index contributed by atoms with van der Waals surface area (Å²) in [5.74, 6) is -0.147. The lowest BCUT2D eigenvalue weighted by Crippen LogP contribution is -2.42. The standard InChI is InChI=1S/C12H14N2O3/c1-14(8-3-2-4-9(15)7-8)12(17)10-5-6-11(16)13-10/h2-4,7,10,15H,5-6H2,1H3,(H,13,16)/t10-/m0/s1. The lowest BCUT2D eigenvalue weighted by atomic mass is 10.2. The molecule has 1 aromatic carbocycles. The molecule has 1 aliphatic rings. The van der Waals surface area contributed by atoms with Gasteiger partial charge < -0.3 is 15.3 Å². The molecule has 17 heavy (non-hydrogen) atoms. The van der Waals surface area contributed by atoms with Crippen molar-refractivity contribution in [3.63, 3.8) is 0 Å². The molecule has 0 bridgehead atoms. The van der Waals surface area contributed by atoms with Crippen LogP contribution in [0.15, 0.2) is 24.3 Å². The molecular formula is C12H14N2O3. The van der Waals surface area contributed by atoms with Crippen molar-refractivity contribution in [1.82, 2.24) is 5.32 Å². The maximum absolute atomic E-state index is 12.0. The predicted molar refractivity (Wildman–Crippen MR) is 62.7 cm³/mol. The number of benzene rings is 1. The van der Waals surface area contributed by atoms with Gasteiger partial charge in [0.05, 0.1) is 0 Å². The van der Waals surface area contributed by atoms with E-state index in [2.05, 4.69) is 5.32 Å². The lowest BCUT2D eigenvalue weighted by Gasteiger charge is -2.21. The minimum Gasteiger partial charge on any atom is -0.508 e. The van der Waals surface area contributed by atoms with Crippen LogP contribution < -0.4 is 10.2 Å². The predicted octanol–water partition coefficient (Wildman–Crippen LogP) is 0.634. The molecule has 1 aromatic rings. The highest BCUT2D eigenvalue weighted by atomic mass is 16.3. The van der Waals surface area contributed by atoms with Crippen molar-refractivity contribution in [2.45, 2.75) is 18.9 Å². The van der Waals surface area contributed by atoms with Gasteiger partial charge in [-0.05, 0) is 18.6 Å². The SMILES string of the molecule is CN(C(=O)[C@@H]1CCC(=O)N1)c1cccc(O)c1. The van der Waals surface area contributed by atoms with Gasteiger partial charge in [-0.1, -0.05) is 6.07 Å².